The molecular formula is C22H28FNO2. The molecule has 0 bridgehead atoms. The molecule has 140 valence electrons. The zero-order valence-corrected chi connectivity index (χ0v) is 15.5. The van der Waals surface area contributed by atoms with Gasteiger partial charge in [-0.05, 0) is 50.2 Å². The predicted octanol–water partition coefficient (Wildman–Crippen LogP) is 4.25. The SMILES string of the molecule is C=CCOC1CC2(CCN(C(=O)C3CC(F)C3)CC2)c2cc(C)ccc21. The van der Waals surface area contributed by atoms with Crippen molar-refractivity contribution in [1.82, 2.24) is 4.90 Å². The molecule has 1 unspecified atom stereocenters. The number of alkyl halides is 1. The first kappa shape index (κ1) is 17.7. The number of hydrogen-bond donors (Lipinski definition) is 0. The van der Waals surface area contributed by atoms with E-state index < -0.39 is 6.17 Å². The summed E-state index contributed by atoms with van der Waals surface area (Å²) in [5.41, 5.74) is 4.09. The number of fused-ring (bicyclic) bond motifs is 2. The van der Waals surface area contributed by atoms with Crippen LogP contribution < -0.4 is 0 Å². The Labute approximate surface area is 155 Å². The van der Waals surface area contributed by atoms with Gasteiger partial charge in [0, 0.05) is 24.4 Å². The molecule has 26 heavy (non-hydrogen) atoms. The molecule has 3 nitrogen and oxygen atoms in total. The maximum Gasteiger partial charge on any atom is 0.225 e. The number of piperidine rings is 1. The van der Waals surface area contributed by atoms with Crippen LogP contribution in [0.2, 0.25) is 0 Å². The second kappa shape index (κ2) is 6.80. The maximum absolute atomic E-state index is 13.1. The molecular weight excluding hydrogens is 329 g/mol. The summed E-state index contributed by atoms with van der Waals surface area (Å²) in [7, 11) is 0. The van der Waals surface area contributed by atoms with Gasteiger partial charge >= 0.3 is 0 Å². The lowest BCUT2D eigenvalue weighted by Crippen LogP contribution is -2.49. The van der Waals surface area contributed by atoms with E-state index in [1.807, 2.05) is 4.90 Å². The number of amides is 1. The van der Waals surface area contributed by atoms with Crippen LogP contribution >= 0.6 is 0 Å². The van der Waals surface area contributed by atoms with Crippen LogP contribution in [-0.4, -0.2) is 36.7 Å². The van der Waals surface area contributed by atoms with Crippen LogP contribution in [0.4, 0.5) is 4.39 Å². The lowest BCUT2D eigenvalue weighted by Gasteiger charge is -2.42. The van der Waals surface area contributed by atoms with Crippen molar-refractivity contribution in [3.05, 3.63) is 47.5 Å². The van der Waals surface area contributed by atoms with Crippen LogP contribution in [0.25, 0.3) is 0 Å². The number of halogens is 1. The van der Waals surface area contributed by atoms with Gasteiger partial charge in [0.1, 0.15) is 6.17 Å². The third-order valence-electron chi connectivity index (χ3n) is 6.58. The summed E-state index contributed by atoms with van der Waals surface area (Å²) in [6.07, 6.45) is 4.90. The van der Waals surface area contributed by atoms with Crippen molar-refractivity contribution in [2.24, 2.45) is 5.92 Å². The molecule has 1 amide bonds. The van der Waals surface area contributed by atoms with Crippen molar-refractivity contribution in [1.29, 1.82) is 0 Å². The Morgan fingerprint density at radius 2 is 2.12 bits per heavy atom. The zero-order chi connectivity index (χ0) is 18.3. The molecule has 3 aliphatic rings. The van der Waals surface area contributed by atoms with Crippen molar-refractivity contribution >= 4 is 5.91 Å². The van der Waals surface area contributed by atoms with Crippen LogP contribution in [0.15, 0.2) is 30.9 Å². The van der Waals surface area contributed by atoms with Gasteiger partial charge in [0.15, 0.2) is 0 Å². The highest BCUT2D eigenvalue weighted by Gasteiger charge is 2.47. The van der Waals surface area contributed by atoms with Crippen molar-refractivity contribution in [2.45, 2.75) is 56.7 Å². The fourth-order valence-corrected chi connectivity index (χ4v) is 4.95. The maximum atomic E-state index is 13.1. The molecule has 1 aliphatic heterocycles. The molecule has 1 aromatic rings. The Kier molecular flexibility index (Phi) is 4.64. The molecule has 1 aromatic carbocycles. The number of benzene rings is 1. The van der Waals surface area contributed by atoms with Gasteiger partial charge in [0.25, 0.3) is 0 Å². The molecule has 2 fully saturated rings. The van der Waals surface area contributed by atoms with E-state index in [1.165, 1.54) is 16.7 Å². The molecule has 1 spiro atoms. The van der Waals surface area contributed by atoms with E-state index in [0.29, 0.717) is 19.4 Å². The number of carbonyl (C=O) groups excluding carboxylic acids is 1. The van der Waals surface area contributed by atoms with Gasteiger partial charge in [0.05, 0.1) is 12.7 Å². The van der Waals surface area contributed by atoms with Gasteiger partial charge in [0.2, 0.25) is 5.91 Å². The minimum Gasteiger partial charge on any atom is -0.369 e. The number of rotatable bonds is 4. The van der Waals surface area contributed by atoms with E-state index in [0.717, 1.165) is 32.4 Å². The van der Waals surface area contributed by atoms with Gasteiger partial charge in [-0.1, -0.05) is 29.8 Å². The lowest BCUT2D eigenvalue weighted by molar-refractivity contribution is -0.142. The Morgan fingerprint density at radius 3 is 2.77 bits per heavy atom. The number of hydrogen-bond acceptors (Lipinski definition) is 2. The van der Waals surface area contributed by atoms with Crippen LogP contribution in [0, 0.1) is 12.8 Å². The summed E-state index contributed by atoms with van der Waals surface area (Å²) in [6, 6.07) is 6.68. The van der Waals surface area contributed by atoms with Crippen LogP contribution in [-0.2, 0) is 14.9 Å². The topological polar surface area (TPSA) is 29.5 Å². The Morgan fingerprint density at radius 1 is 1.38 bits per heavy atom. The summed E-state index contributed by atoms with van der Waals surface area (Å²) in [6.45, 7) is 8.00. The summed E-state index contributed by atoms with van der Waals surface area (Å²) in [5.74, 6) is 0.0801. The number of likely N-dealkylation sites (tertiary alicyclic amines) is 1. The minimum absolute atomic E-state index is 0.0826. The molecule has 1 heterocycles. The highest BCUT2D eigenvalue weighted by molar-refractivity contribution is 5.80. The Balaban J connectivity index is 1.50. The zero-order valence-electron chi connectivity index (χ0n) is 15.5. The highest BCUT2D eigenvalue weighted by atomic mass is 19.1. The molecule has 1 atom stereocenters. The molecule has 4 rings (SSSR count). The predicted molar refractivity (Wildman–Crippen MR) is 99.8 cm³/mol. The van der Waals surface area contributed by atoms with Crippen molar-refractivity contribution < 1.29 is 13.9 Å². The number of ether oxygens (including phenoxy) is 1. The fraction of sp³-hybridized carbons (Fsp3) is 0.591. The second-order valence-electron chi connectivity index (χ2n) is 8.28. The second-order valence-corrected chi connectivity index (χ2v) is 8.28. The molecule has 4 heteroatoms. The van der Waals surface area contributed by atoms with Gasteiger partial charge in [-0.15, -0.1) is 6.58 Å². The highest BCUT2D eigenvalue weighted by Crippen LogP contribution is 2.52. The first-order valence-corrected chi connectivity index (χ1v) is 9.79. The van der Waals surface area contributed by atoms with E-state index in [-0.39, 0.29) is 23.3 Å². The molecule has 0 radical (unpaired) electrons. The first-order valence-electron chi connectivity index (χ1n) is 9.79. The third kappa shape index (κ3) is 2.98. The lowest BCUT2D eigenvalue weighted by atomic mass is 9.73. The standard InChI is InChI=1S/C22H28FNO2/c1-3-10-26-20-14-22(19-11-15(2)4-5-18(19)20)6-8-24(9-7-22)21(25)16-12-17(23)13-16/h3-5,11,16-17,20H,1,6-10,12-14H2,2H3. The Hall–Kier alpha value is -1.68. The largest absolute Gasteiger partial charge is 0.369 e. The van der Waals surface area contributed by atoms with Crippen LogP contribution in [0.1, 0.15) is 54.9 Å². The average molecular weight is 357 g/mol. The smallest absolute Gasteiger partial charge is 0.225 e. The molecule has 0 N–H and O–H groups in total. The van der Waals surface area contributed by atoms with E-state index >= 15 is 0 Å². The average Bonchev–Trinajstić information content (AvgIpc) is 2.90. The molecule has 0 aromatic heterocycles. The number of aryl methyl sites for hydroxylation is 1. The summed E-state index contributed by atoms with van der Waals surface area (Å²) < 4.78 is 19.1. The van der Waals surface area contributed by atoms with E-state index in [2.05, 4.69) is 31.7 Å². The normalized spacial score (nSPS) is 29.3. The quantitative estimate of drug-likeness (QED) is 0.754. The van der Waals surface area contributed by atoms with Crippen molar-refractivity contribution in [2.75, 3.05) is 19.7 Å². The van der Waals surface area contributed by atoms with Crippen LogP contribution in [0.5, 0.6) is 0 Å². The van der Waals surface area contributed by atoms with Gasteiger partial charge in [-0.25, -0.2) is 4.39 Å². The number of nitrogens with zero attached hydrogens (tertiary/aromatic N) is 1. The summed E-state index contributed by atoms with van der Waals surface area (Å²) in [5, 5.41) is 0. The van der Waals surface area contributed by atoms with Gasteiger partial charge < -0.3 is 9.64 Å². The van der Waals surface area contributed by atoms with Gasteiger partial charge in [-0.2, -0.15) is 0 Å². The van der Waals surface area contributed by atoms with E-state index in [1.54, 1.807) is 6.08 Å². The number of carbonyl (C=O) groups is 1. The van der Waals surface area contributed by atoms with Gasteiger partial charge in [-0.3, -0.25) is 4.79 Å². The molecule has 1 saturated heterocycles. The minimum atomic E-state index is -0.771. The Bertz CT molecular complexity index is 702. The third-order valence-corrected chi connectivity index (χ3v) is 6.58. The monoisotopic (exact) mass is 357 g/mol. The van der Waals surface area contributed by atoms with E-state index in [9.17, 15) is 9.18 Å². The van der Waals surface area contributed by atoms with Crippen LogP contribution in [0.3, 0.4) is 0 Å². The van der Waals surface area contributed by atoms with Crippen molar-refractivity contribution in [3.63, 3.8) is 0 Å². The van der Waals surface area contributed by atoms with Crippen molar-refractivity contribution in [3.8, 4) is 0 Å². The molecule has 2 aliphatic carbocycles. The fourth-order valence-electron chi connectivity index (χ4n) is 4.95. The molecule has 1 saturated carbocycles. The summed E-state index contributed by atoms with van der Waals surface area (Å²) in [4.78, 5) is 14.5. The first-order chi connectivity index (χ1) is 12.5. The summed E-state index contributed by atoms with van der Waals surface area (Å²) >= 11 is 0. The van der Waals surface area contributed by atoms with E-state index in [4.69, 9.17) is 4.74 Å².